The first-order valence-electron chi connectivity index (χ1n) is 8.40. The number of aromatic nitrogens is 4. The van der Waals surface area contributed by atoms with Gasteiger partial charge in [0, 0.05) is 7.05 Å². The average molecular weight is 349 g/mol. The van der Waals surface area contributed by atoms with Crippen molar-refractivity contribution in [2.24, 2.45) is 7.05 Å². The Balaban J connectivity index is 1.76. The topological polar surface area (TPSA) is 88.0 Å². The van der Waals surface area contributed by atoms with Crippen LogP contribution < -0.4 is 5.73 Å². The molecule has 0 fully saturated rings. The maximum Gasteiger partial charge on any atom is 0.338 e. The number of aryl methyl sites for hydroxylation is 1. The number of carbonyl (C=O) groups excluding carboxylic acids is 1. The van der Waals surface area contributed by atoms with Gasteiger partial charge in [0.15, 0.2) is 0 Å². The number of imidazole rings is 2. The zero-order valence-electron chi connectivity index (χ0n) is 14.6. The monoisotopic (exact) mass is 349 g/mol. The lowest BCUT2D eigenvalue weighted by atomic mass is 10.1. The van der Waals surface area contributed by atoms with Gasteiger partial charge in [0.1, 0.15) is 0 Å². The Morgan fingerprint density at radius 3 is 2.88 bits per heavy atom. The van der Waals surface area contributed by atoms with Gasteiger partial charge in [0.05, 0.1) is 47.1 Å². The molecule has 2 aromatic heterocycles. The largest absolute Gasteiger partial charge is 0.462 e. The summed E-state index contributed by atoms with van der Waals surface area (Å²) in [6.07, 6.45) is 1.80. The van der Waals surface area contributed by atoms with E-state index in [0.717, 1.165) is 22.1 Å². The average Bonchev–Trinajstić information content (AvgIpc) is 3.16. The van der Waals surface area contributed by atoms with Crippen LogP contribution in [0.5, 0.6) is 0 Å². The zero-order chi connectivity index (χ0) is 18.3. The van der Waals surface area contributed by atoms with Crippen LogP contribution in [0, 0.1) is 0 Å². The maximum atomic E-state index is 11.9. The number of nitrogen functional groups attached to an aromatic ring is 1. The molecule has 0 unspecified atom stereocenters. The number of rotatable bonds is 4. The number of carbonyl (C=O) groups is 1. The number of nitrogens with two attached hydrogens (primary N) is 1. The van der Waals surface area contributed by atoms with Gasteiger partial charge in [-0.3, -0.25) is 0 Å². The Hall–Kier alpha value is -3.35. The molecule has 0 spiro atoms. The van der Waals surface area contributed by atoms with E-state index in [1.54, 1.807) is 25.4 Å². The molecule has 132 valence electrons. The summed E-state index contributed by atoms with van der Waals surface area (Å²) in [6, 6.07) is 11.4. The van der Waals surface area contributed by atoms with Crippen LogP contribution in [0.15, 0.2) is 42.7 Å². The van der Waals surface area contributed by atoms with Crippen LogP contribution in [0.4, 0.5) is 5.95 Å². The van der Waals surface area contributed by atoms with Gasteiger partial charge >= 0.3 is 5.97 Å². The van der Waals surface area contributed by atoms with E-state index in [0.29, 0.717) is 30.2 Å². The second-order valence-electron chi connectivity index (χ2n) is 6.12. The van der Waals surface area contributed by atoms with Crippen LogP contribution in [-0.4, -0.2) is 31.7 Å². The van der Waals surface area contributed by atoms with Crippen LogP contribution in [0.1, 0.15) is 22.8 Å². The van der Waals surface area contributed by atoms with Gasteiger partial charge in [0.25, 0.3) is 0 Å². The summed E-state index contributed by atoms with van der Waals surface area (Å²) in [5.41, 5.74) is 11.2. The molecular weight excluding hydrogens is 330 g/mol. The fourth-order valence-corrected chi connectivity index (χ4v) is 3.17. The standard InChI is InChI=1S/C19H19N5O2/c1-3-26-18(25)12-7-8-15-14(9-12)22-19(20)24(15)10-13-5-4-6-16-17(13)21-11-23(16)2/h4-9,11H,3,10H2,1-2H3,(H2,20,22). The minimum absolute atomic E-state index is 0.335. The quantitative estimate of drug-likeness (QED) is 0.572. The number of hydrogen-bond donors (Lipinski definition) is 1. The van der Waals surface area contributed by atoms with Crippen molar-refractivity contribution < 1.29 is 9.53 Å². The van der Waals surface area contributed by atoms with Crippen molar-refractivity contribution in [3.05, 3.63) is 53.9 Å². The molecule has 0 bridgehead atoms. The highest BCUT2D eigenvalue weighted by Gasteiger charge is 2.14. The minimum Gasteiger partial charge on any atom is -0.462 e. The van der Waals surface area contributed by atoms with E-state index in [9.17, 15) is 4.79 Å². The molecule has 0 atom stereocenters. The molecule has 0 radical (unpaired) electrons. The van der Waals surface area contributed by atoms with E-state index < -0.39 is 0 Å². The van der Waals surface area contributed by atoms with Crippen LogP contribution in [0.2, 0.25) is 0 Å². The lowest BCUT2D eigenvalue weighted by Gasteiger charge is -2.08. The van der Waals surface area contributed by atoms with Crippen LogP contribution >= 0.6 is 0 Å². The molecule has 2 aromatic carbocycles. The highest BCUT2D eigenvalue weighted by Crippen LogP contribution is 2.24. The van der Waals surface area contributed by atoms with Gasteiger partial charge < -0.3 is 19.6 Å². The van der Waals surface area contributed by atoms with Crippen molar-refractivity contribution in [2.45, 2.75) is 13.5 Å². The van der Waals surface area contributed by atoms with Crippen molar-refractivity contribution in [3.8, 4) is 0 Å². The zero-order valence-corrected chi connectivity index (χ0v) is 14.6. The van der Waals surface area contributed by atoms with E-state index in [4.69, 9.17) is 10.5 Å². The number of anilines is 1. The number of nitrogens with zero attached hydrogens (tertiary/aromatic N) is 4. The molecular formula is C19H19N5O2. The molecule has 0 aliphatic carbocycles. The molecule has 2 N–H and O–H groups in total. The van der Waals surface area contributed by atoms with Crippen LogP contribution in [0.3, 0.4) is 0 Å². The Kier molecular flexibility index (Phi) is 3.84. The Bertz CT molecular complexity index is 1130. The number of fused-ring (bicyclic) bond motifs is 2. The molecule has 4 aromatic rings. The molecule has 0 aliphatic rings. The van der Waals surface area contributed by atoms with Crippen molar-refractivity contribution in [1.29, 1.82) is 0 Å². The molecule has 0 amide bonds. The van der Waals surface area contributed by atoms with E-state index in [2.05, 4.69) is 9.97 Å². The Morgan fingerprint density at radius 2 is 2.08 bits per heavy atom. The number of para-hydroxylation sites is 1. The minimum atomic E-state index is -0.360. The summed E-state index contributed by atoms with van der Waals surface area (Å²) in [6.45, 7) is 2.67. The van der Waals surface area contributed by atoms with E-state index in [1.807, 2.05) is 40.4 Å². The van der Waals surface area contributed by atoms with Crippen molar-refractivity contribution in [3.63, 3.8) is 0 Å². The molecule has 2 heterocycles. The van der Waals surface area contributed by atoms with E-state index in [-0.39, 0.29) is 5.97 Å². The first-order valence-corrected chi connectivity index (χ1v) is 8.40. The smallest absolute Gasteiger partial charge is 0.338 e. The second-order valence-corrected chi connectivity index (χ2v) is 6.12. The third kappa shape index (κ3) is 2.57. The third-order valence-electron chi connectivity index (χ3n) is 4.46. The maximum absolute atomic E-state index is 11.9. The molecule has 7 heteroatoms. The van der Waals surface area contributed by atoms with E-state index in [1.165, 1.54) is 0 Å². The SMILES string of the molecule is CCOC(=O)c1ccc2c(c1)nc(N)n2Cc1cccc2c1ncn2C. The van der Waals surface area contributed by atoms with Crippen molar-refractivity contribution in [1.82, 2.24) is 19.1 Å². The van der Waals surface area contributed by atoms with Gasteiger partial charge in [-0.05, 0) is 36.8 Å². The number of hydrogen-bond acceptors (Lipinski definition) is 5. The number of ether oxygens (including phenoxy) is 1. The van der Waals surface area contributed by atoms with Gasteiger partial charge in [-0.25, -0.2) is 14.8 Å². The lowest BCUT2D eigenvalue weighted by Crippen LogP contribution is -2.06. The first kappa shape index (κ1) is 16.1. The third-order valence-corrected chi connectivity index (χ3v) is 4.46. The first-order chi connectivity index (χ1) is 12.6. The summed E-state index contributed by atoms with van der Waals surface area (Å²) >= 11 is 0. The predicted molar refractivity (Wildman–Crippen MR) is 99.9 cm³/mol. The summed E-state index contributed by atoms with van der Waals surface area (Å²) in [5, 5.41) is 0. The summed E-state index contributed by atoms with van der Waals surface area (Å²) in [5.74, 6) is 0.0368. The van der Waals surface area contributed by atoms with Crippen molar-refractivity contribution in [2.75, 3.05) is 12.3 Å². The second kappa shape index (κ2) is 6.18. The van der Waals surface area contributed by atoms with Gasteiger partial charge in [-0.1, -0.05) is 12.1 Å². The molecule has 0 aliphatic heterocycles. The van der Waals surface area contributed by atoms with Gasteiger partial charge in [-0.2, -0.15) is 0 Å². The highest BCUT2D eigenvalue weighted by atomic mass is 16.5. The predicted octanol–water partition coefficient (Wildman–Crippen LogP) is 2.73. The molecule has 0 saturated heterocycles. The van der Waals surface area contributed by atoms with Crippen molar-refractivity contribution >= 4 is 34.0 Å². The van der Waals surface area contributed by atoms with Crippen LogP contribution in [0.25, 0.3) is 22.1 Å². The summed E-state index contributed by atoms with van der Waals surface area (Å²) in [7, 11) is 1.97. The highest BCUT2D eigenvalue weighted by molar-refractivity contribution is 5.94. The summed E-state index contributed by atoms with van der Waals surface area (Å²) < 4.78 is 8.95. The normalized spacial score (nSPS) is 11.3. The Labute approximate surface area is 150 Å². The summed E-state index contributed by atoms with van der Waals surface area (Å²) in [4.78, 5) is 20.8. The number of esters is 1. The van der Waals surface area contributed by atoms with E-state index >= 15 is 0 Å². The fraction of sp³-hybridized carbons (Fsp3) is 0.211. The van der Waals surface area contributed by atoms with Gasteiger partial charge in [0.2, 0.25) is 5.95 Å². The van der Waals surface area contributed by atoms with Gasteiger partial charge in [-0.15, -0.1) is 0 Å². The lowest BCUT2D eigenvalue weighted by molar-refractivity contribution is 0.0526. The molecule has 4 rings (SSSR count). The molecule has 7 nitrogen and oxygen atoms in total. The molecule has 26 heavy (non-hydrogen) atoms. The molecule has 0 saturated carbocycles. The number of benzene rings is 2. The fourth-order valence-electron chi connectivity index (χ4n) is 3.17. The Morgan fingerprint density at radius 1 is 1.23 bits per heavy atom. The van der Waals surface area contributed by atoms with Crippen LogP contribution in [-0.2, 0) is 18.3 Å².